The molecule has 0 amide bonds. The Labute approximate surface area is 124 Å². The van der Waals surface area contributed by atoms with Crippen molar-refractivity contribution in [2.75, 3.05) is 6.61 Å². The molecule has 0 atom stereocenters. The van der Waals surface area contributed by atoms with E-state index in [4.69, 9.17) is 17.0 Å². The van der Waals surface area contributed by atoms with Gasteiger partial charge in [0.05, 0.1) is 16.5 Å². The van der Waals surface area contributed by atoms with Crippen LogP contribution >= 0.6 is 23.6 Å². The Balaban J connectivity index is 2.49. The quantitative estimate of drug-likeness (QED) is 0.669. The Morgan fingerprint density at radius 3 is 2.80 bits per heavy atom. The number of nitrogens with one attached hydrogen (secondary N) is 1. The van der Waals surface area contributed by atoms with E-state index >= 15 is 0 Å². The van der Waals surface area contributed by atoms with Crippen LogP contribution in [0.5, 0.6) is 5.75 Å². The summed E-state index contributed by atoms with van der Waals surface area (Å²) in [6, 6.07) is 6.78. The highest BCUT2D eigenvalue weighted by Gasteiger charge is 1.98. The summed E-state index contributed by atoms with van der Waals surface area (Å²) >= 11 is 6.48. The van der Waals surface area contributed by atoms with Gasteiger partial charge in [-0.3, -0.25) is 0 Å². The number of aromatic nitrogens is 1. The van der Waals surface area contributed by atoms with Gasteiger partial charge in [-0.2, -0.15) is 0 Å². The van der Waals surface area contributed by atoms with Crippen LogP contribution in [0.25, 0.3) is 12.2 Å². The van der Waals surface area contributed by atoms with Gasteiger partial charge in [0.2, 0.25) is 0 Å². The summed E-state index contributed by atoms with van der Waals surface area (Å²) in [6.07, 6.45) is 3.28. The smallest absolute Gasteiger partial charge is 0.332 e. The lowest BCUT2D eigenvalue weighted by atomic mass is 10.2. The first-order chi connectivity index (χ1) is 9.58. The zero-order valence-corrected chi connectivity index (χ0v) is 12.4. The van der Waals surface area contributed by atoms with Crippen molar-refractivity contribution in [2.45, 2.75) is 6.92 Å². The number of benzene rings is 1. The summed E-state index contributed by atoms with van der Waals surface area (Å²) in [5, 5.41) is 9.89. The molecule has 2 aromatic rings. The van der Waals surface area contributed by atoms with E-state index in [2.05, 4.69) is 4.98 Å². The molecule has 2 rings (SSSR count). The molecule has 1 aromatic carbocycles. The molecule has 6 heteroatoms. The lowest BCUT2D eigenvalue weighted by Crippen LogP contribution is -2.23. The number of hydrogen-bond donors (Lipinski definition) is 2. The van der Waals surface area contributed by atoms with Gasteiger partial charge >= 0.3 is 5.97 Å². The van der Waals surface area contributed by atoms with E-state index in [9.17, 15) is 9.90 Å². The van der Waals surface area contributed by atoms with Gasteiger partial charge in [-0.1, -0.05) is 12.1 Å². The molecule has 0 aliphatic heterocycles. The summed E-state index contributed by atoms with van der Waals surface area (Å²) in [4.78, 5) is 14.5. The molecule has 0 aliphatic rings. The maximum atomic E-state index is 11.5. The average Bonchev–Trinajstić information content (AvgIpc) is 2.72. The first-order valence-electron chi connectivity index (χ1n) is 5.97. The summed E-state index contributed by atoms with van der Waals surface area (Å²) in [6.45, 7) is 2.09. The molecule has 4 nitrogen and oxygen atoms in total. The molecule has 0 unspecified atom stereocenters. The van der Waals surface area contributed by atoms with Crippen LogP contribution < -0.4 is 9.88 Å². The molecular formula is C14H13NO3S2. The van der Waals surface area contributed by atoms with Crippen LogP contribution in [-0.4, -0.2) is 22.7 Å². The second kappa shape index (κ2) is 6.49. The Hall–Kier alpha value is -1.92. The molecule has 2 N–H and O–H groups in total. The Bertz CT molecular complexity index is 772. The lowest BCUT2D eigenvalue weighted by molar-refractivity contribution is -0.135. The number of rotatable bonds is 3. The molecular weight excluding hydrogens is 294 g/mol. The predicted molar refractivity (Wildman–Crippen MR) is 81.5 cm³/mol. The van der Waals surface area contributed by atoms with Gasteiger partial charge in [0.25, 0.3) is 0 Å². The maximum absolute atomic E-state index is 11.5. The summed E-state index contributed by atoms with van der Waals surface area (Å²) in [7, 11) is 0. The van der Waals surface area contributed by atoms with Crippen molar-refractivity contribution in [3.63, 3.8) is 0 Å². The van der Waals surface area contributed by atoms with Gasteiger partial charge in [0.1, 0.15) is 5.75 Å². The van der Waals surface area contributed by atoms with Crippen molar-refractivity contribution in [3.05, 3.63) is 43.7 Å². The SMILES string of the molecule is CCOC(=O)/C=c1\[nH]c(=S)s\c1=C/c1ccc(O)cc1. The third-order valence-electron chi connectivity index (χ3n) is 2.44. The molecule has 0 aliphatic carbocycles. The predicted octanol–water partition coefficient (Wildman–Crippen LogP) is 1.68. The van der Waals surface area contributed by atoms with Crippen LogP contribution in [0.15, 0.2) is 24.3 Å². The Kier molecular flexibility index (Phi) is 4.70. The van der Waals surface area contributed by atoms with Crippen LogP contribution in [0.2, 0.25) is 0 Å². The minimum absolute atomic E-state index is 0.210. The molecule has 0 radical (unpaired) electrons. The number of esters is 1. The maximum Gasteiger partial charge on any atom is 0.332 e. The van der Waals surface area contributed by atoms with Crippen LogP contribution in [0.3, 0.4) is 0 Å². The zero-order valence-electron chi connectivity index (χ0n) is 10.8. The van der Waals surface area contributed by atoms with Crippen molar-refractivity contribution in [1.29, 1.82) is 0 Å². The zero-order chi connectivity index (χ0) is 14.5. The van der Waals surface area contributed by atoms with Crippen LogP contribution in [-0.2, 0) is 9.53 Å². The number of thiazole rings is 1. The first kappa shape index (κ1) is 14.5. The monoisotopic (exact) mass is 307 g/mol. The fourth-order valence-electron chi connectivity index (χ4n) is 1.59. The molecule has 0 saturated carbocycles. The third-order valence-corrected chi connectivity index (χ3v) is 3.64. The van der Waals surface area contributed by atoms with Crippen molar-refractivity contribution in [3.8, 4) is 5.75 Å². The molecule has 104 valence electrons. The number of aromatic amines is 1. The minimum atomic E-state index is -0.406. The van der Waals surface area contributed by atoms with Crippen molar-refractivity contribution in [2.24, 2.45) is 0 Å². The molecule has 20 heavy (non-hydrogen) atoms. The van der Waals surface area contributed by atoms with Crippen molar-refractivity contribution < 1.29 is 14.6 Å². The number of H-pyrrole nitrogens is 1. The molecule has 1 heterocycles. The highest BCUT2D eigenvalue weighted by atomic mass is 32.1. The van der Waals surface area contributed by atoms with E-state index in [0.29, 0.717) is 15.9 Å². The summed E-state index contributed by atoms with van der Waals surface area (Å²) in [5.41, 5.74) is 0.909. The topological polar surface area (TPSA) is 62.3 Å². The number of phenols is 1. The van der Waals surface area contributed by atoms with E-state index in [1.165, 1.54) is 17.4 Å². The van der Waals surface area contributed by atoms with E-state index in [-0.39, 0.29) is 5.75 Å². The van der Waals surface area contributed by atoms with Crippen LogP contribution in [0, 0.1) is 3.95 Å². The number of hydrogen-bond acceptors (Lipinski definition) is 5. The second-order valence-electron chi connectivity index (χ2n) is 3.92. The summed E-state index contributed by atoms with van der Waals surface area (Å²) in [5.74, 6) is -0.195. The van der Waals surface area contributed by atoms with Gasteiger partial charge in [0.15, 0.2) is 3.95 Å². The van der Waals surface area contributed by atoms with Gasteiger partial charge in [-0.15, -0.1) is 11.3 Å². The normalized spacial score (nSPS) is 12.7. The molecule has 0 bridgehead atoms. The highest BCUT2D eigenvalue weighted by Crippen LogP contribution is 2.09. The van der Waals surface area contributed by atoms with Gasteiger partial charge < -0.3 is 14.8 Å². The first-order valence-corrected chi connectivity index (χ1v) is 7.19. The average molecular weight is 307 g/mol. The highest BCUT2D eigenvalue weighted by molar-refractivity contribution is 7.73. The fraction of sp³-hybridized carbons (Fsp3) is 0.143. The molecule has 0 saturated heterocycles. The molecule has 1 aromatic heterocycles. The number of ether oxygens (including phenoxy) is 1. The van der Waals surface area contributed by atoms with Gasteiger partial charge in [-0.05, 0) is 42.9 Å². The number of carbonyl (C=O) groups excluding carboxylic acids is 1. The Morgan fingerprint density at radius 1 is 1.45 bits per heavy atom. The lowest BCUT2D eigenvalue weighted by Gasteiger charge is -1.94. The Morgan fingerprint density at radius 2 is 2.15 bits per heavy atom. The largest absolute Gasteiger partial charge is 0.508 e. The number of phenolic OH excluding ortho intramolecular Hbond substituents is 1. The third kappa shape index (κ3) is 3.79. The van der Waals surface area contributed by atoms with Crippen LogP contribution in [0.4, 0.5) is 0 Å². The fourth-order valence-corrected chi connectivity index (χ4v) is 2.74. The molecule has 0 fully saturated rings. The van der Waals surface area contributed by atoms with E-state index in [0.717, 1.165) is 10.1 Å². The van der Waals surface area contributed by atoms with E-state index < -0.39 is 5.97 Å². The summed E-state index contributed by atoms with van der Waals surface area (Å²) < 4.78 is 6.32. The standard InChI is InChI=1S/C14H13NO3S2/c1-2-18-13(17)8-11-12(20-14(19)15-11)7-9-3-5-10(16)6-4-9/h3-8,16H,2H2,1H3,(H,15,19)/b11-8-,12-7-. The molecule has 0 spiro atoms. The van der Waals surface area contributed by atoms with Gasteiger partial charge in [-0.25, -0.2) is 4.79 Å². The second-order valence-corrected chi connectivity index (χ2v) is 5.64. The van der Waals surface area contributed by atoms with Crippen molar-refractivity contribution in [1.82, 2.24) is 4.98 Å². The van der Waals surface area contributed by atoms with E-state index in [1.807, 2.05) is 6.08 Å². The van der Waals surface area contributed by atoms with Gasteiger partial charge in [0, 0.05) is 6.08 Å². The number of aromatic hydroxyl groups is 1. The number of carbonyl (C=O) groups is 1. The minimum Gasteiger partial charge on any atom is -0.508 e. The van der Waals surface area contributed by atoms with E-state index in [1.54, 1.807) is 31.2 Å². The van der Waals surface area contributed by atoms with Crippen LogP contribution in [0.1, 0.15) is 12.5 Å². The van der Waals surface area contributed by atoms with Crippen molar-refractivity contribution >= 4 is 41.7 Å².